The molecule has 9 heteroatoms. The average molecular weight is 379 g/mol. The van der Waals surface area contributed by atoms with Crippen molar-refractivity contribution in [2.24, 2.45) is 0 Å². The van der Waals surface area contributed by atoms with E-state index in [1.54, 1.807) is 11.5 Å². The Balaban J connectivity index is 1.61. The van der Waals surface area contributed by atoms with E-state index in [1.807, 2.05) is 18.2 Å². The van der Waals surface area contributed by atoms with Crippen LogP contribution >= 0.6 is 0 Å². The van der Waals surface area contributed by atoms with Gasteiger partial charge in [0.25, 0.3) is 5.91 Å². The Morgan fingerprint density at radius 1 is 1.25 bits per heavy atom. The number of nitrogens with zero attached hydrogens (tertiary/aromatic N) is 4. The van der Waals surface area contributed by atoms with Crippen LogP contribution in [0.1, 0.15) is 49.9 Å². The third-order valence-corrected chi connectivity index (χ3v) is 5.04. The van der Waals surface area contributed by atoms with Crippen LogP contribution in [0.3, 0.4) is 0 Å². The zero-order valence-corrected chi connectivity index (χ0v) is 15.8. The van der Waals surface area contributed by atoms with Crippen LogP contribution in [0.25, 0.3) is 11.2 Å². The molecule has 2 amide bonds. The number of hydrogen-bond donors (Lipinski definition) is 3. The van der Waals surface area contributed by atoms with Gasteiger partial charge < -0.3 is 20.9 Å². The van der Waals surface area contributed by atoms with Crippen LogP contribution in [0.5, 0.6) is 0 Å². The Labute approximate surface area is 161 Å². The fourth-order valence-electron chi connectivity index (χ4n) is 3.33. The van der Waals surface area contributed by atoms with E-state index in [0.717, 1.165) is 16.8 Å². The number of carbonyl (C=O) groups excluding carboxylic acids is 2. The summed E-state index contributed by atoms with van der Waals surface area (Å²) in [6.07, 6.45) is 2.83. The molecule has 0 saturated heterocycles. The van der Waals surface area contributed by atoms with Crippen LogP contribution in [0, 0.1) is 0 Å². The maximum atomic E-state index is 12.9. The van der Waals surface area contributed by atoms with E-state index in [4.69, 9.17) is 5.73 Å². The molecule has 4 rings (SSSR count). The number of aromatic nitrogens is 4. The van der Waals surface area contributed by atoms with Crippen molar-refractivity contribution >= 4 is 34.5 Å². The number of benzene rings is 1. The molecule has 0 spiro atoms. The molecule has 3 aromatic rings. The molecule has 144 valence electrons. The molecule has 4 N–H and O–H groups in total. The van der Waals surface area contributed by atoms with Gasteiger partial charge in [0, 0.05) is 11.3 Å². The molecule has 1 aromatic carbocycles. The molecule has 2 atom stereocenters. The number of fused-ring (bicyclic) bond motifs is 2. The number of amides is 2. The highest BCUT2D eigenvalue weighted by molar-refractivity contribution is 6.04. The van der Waals surface area contributed by atoms with Gasteiger partial charge in [0.05, 0.1) is 6.33 Å². The van der Waals surface area contributed by atoms with Crippen molar-refractivity contribution in [3.05, 3.63) is 42.0 Å². The van der Waals surface area contributed by atoms with E-state index >= 15 is 0 Å². The third-order valence-electron chi connectivity index (χ3n) is 5.04. The predicted octanol–water partition coefficient (Wildman–Crippen LogP) is 1.90. The second-order valence-corrected chi connectivity index (χ2v) is 7.19. The molecule has 0 fully saturated rings. The first-order valence-electron chi connectivity index (χ1n) is 9.05. The predicted molar refractivity (Wildman–Crippen MR) is 104 cm³/mol. The summed E-state index contributed by atoms with van der Waals surface area (Å²) in [6.45, 7) is 5.88. The van der Waals surface area contributed by atoms with Gasteiger partial charge in [-0.15, -0.1) is 0 Å². The molecule has 1 aliphatic rings. The minimum absolute atomic E-state index is 0.251. The topological polar surface area (TPSA) is 128 Å². The van der Waals surface area contributed by atoms with Crippen molar-refractivity contribution in [1.82, 2.24) is 24.8 Å². The summed E-state index contributed by atoms with van der Waals surface area (Å²) in [5.74, 6) is -0.00153. The first kappa shape index (κ1) is 17.9. The number of rotatable bonds is 4. The molecule has 0 bridgehead atoms. The van der Waals surface area contributed by atoms with E-state index in [-0.39, 0.29) is 17.6 Å². The Morgan fingerprint density at radius 2 is 2.04 bits per heavy atom. The number of nitrogens with two attached hydrogens (primary N) is 1. The van der Waals surface area contributed by atoms with Gasteiger partial charge in [-0.05, 0) is 24.5 Å². The van der Waals surface area contributed by atoms with Gasteiger partial charge in [-0.3, -0.25) is 9.59 Å². The van der Waals surface area contributed by atoms with Crippen LogP contribution in [0.15, 0.2) is 30.9 Å². The van der Waals surface area contributed by atoms with Crippen LogP contribution in [-0.2, 0) is 9.59 Å². The quantitative estimate of drug-likeness (QED) is 0.635. The molecule has 0 radical (unpaired) electrons. The van der Waals surface area contributed by atoms with Crippen LogP contribution in [0.4, 0.5) is 11.5 Å². The van der Waals surface area contributed by atoms with E-state index in [9.17, 15) is 9.59 Å². The number of anilines is 2. The zero-order valence-electron chi connectivity index (χ0n) is 15.8. The number of nitrogen functional groups attached to an aromatic ring is 1. The highest BCUT2D eigenvalue weighted by atomic mass is 16.2. The lowest BCUT2D eigenvalue weighted by molar-refractivity contribution is -0.128. The van der Waals surface area contributed by atoms with Crippen molar-refractivity contribution in [3.8, 4) is 0 Å². The first-order valence-corrected chi connectivity index (χ1v) is 9.05. The molecule has 0 aliphatic carbocycles. The Bertz CT molecular complexity index is 1090. The third kappa shape index (κ3) is 2.84. The standard InChI is InChI=1S/C19H21N7O2/c1-9(2)11-4-5-13-12(6-11)14(19(28)24-13)25-18(27)10(3)26-8-23-15-16(20)21-7-22-17(15)26/h4-10,14H,1-3H3,(H,24,28)(H,25,27)(H2,20,21,22). The lowest BCUT2D eigenvalue weighted by Gasteiger charge is -2.18. The zero-order chi connectivity index (χ0) is 20.0. The van der Waals surface area contributed by atoms with E-state index in [1.165, 1.54) is 12.7 Å². The summed E-state index contributed by atoms with van der Waals surface area (Å²) in [6, 6.07) is 4.45. The SMILES string of the molecule is CC(C)c1ccc2c(c1)C(NC(=O)C(C)n1cnc3c(N)ncnc31)C(=O)N2. The van der Waals surface area contributed by atoms with Crippen molar-refractivity contribution in [3.63, 3.8) is 0 Å². The number of nitrogens with one attached hydrogen (secondary N) is 2. The fraction of sp³-hybridized carbons (Fsp3) is 0.316. The lowest BCUT2D eigenvalue weighted by atomic mass is 9.98. The second-order valence-electron chi connectivity index (χ2n) is 7.19. The minimum atomic E-state index is -0.738. The number of carbonyl (C=O) groups is 2. The van der Waals surface area contributed by atoms with Crippen LogP contribution < -0.4 is 16.4 Å². The summed E-state index contributed by atoms with van der Waals surface area (Å²) in [5, 5.41) is 5.66. The van der Waals surface area contributed by atoms with Crippen LogP contribution in [-0.4, -0.2) is 31.3 Å². The van der Waals surface area contributed by atoms with E-state index < -0.39 is 12.1 Å². The van der Waals surface area contributed by atoms with Crippen molar-refractivity contribution in [2.45, 2.75) is 38.8 Å². The Kier molecular flexibility index (Phi) is 4.21. The Morgan fingerprint density at radius 3 is 2.79 bits per heavy atom. The molecule has 1 aliphatic heterocycles. The van der Waals surface area contributed by atoms with Gasteiger partial charge >= 0.3 is 0 Å². The van der Waals surface area contributed by atoms with Crippen molar-refractivity contribution in [2.75, 3.05) is 11.1 Å². The van der Waals surface area contributed by atoms with Gasteiger partial charge in [0.2, 0.25) is 5.91 Å². The maximum Gasteiger partial charge on any atom is 0.251 e. The molecule has 9 nitrogen and oxygen atoms in total. The number of hydrogen-bond acceptors (Lipinski definition) is 6. The second kappa shape index (κ2) is 6.59. The van der Waals surface area contributed by atoms with Gasteiger partial charge in [-0.2, -0.15) is 0 Å². The summed E-state index contributed by atoms with van der Waals surface area (Å²) < 4.78 is 1.61. The Hall–Kier alpha value is -3.49. The summed E-state index contributed by atoms with van der Waals surface area (Å²) >= 11 is 0. The molecule has 3 heterocycles. The van der Waals surface area contributed by atoms with Crippen molar-refractivity contribution in [1.29, 1.82) is 0 Å². The molecule has 28 heavy (non-hydrogen) atoms. The van der Waals surface area contributed by atoms with Crippen LogP contribution in [0.2, 0.25) is 0 Å². The smallest absolute Gasteiger partial charge is 0.251 e. The van der Waals surface area contributed by atoms with E-state index in [0.29, 0.717) is 17.1 Å². The highest BCUT2D eigenvalue weighted by Gasteiger charge is 2.33. The minimum Gasteiger partial charge on any atom is -0.382 e. The van der Waals surface area contributed by atoms with Gasteiger partial charge in [-0.1, -0.05) is 26.0 Å². The molecule has 0 saturated carbocycles. The average Bonchev–Trinajstić information content (AvgIpc) is 3.23. The fourth-order valence-corrected chi connectivity index (χ4v) is 3.33. The molecular weight excluding hydrogens is 358 g/mol. The first-order chi connectivity index (χ1) is 13.4. The highest BCUT2D eigenvalue weighted by Crippen LogP contribution is 2.33. The molecule has 2 aromatic heterocycles. The number of imidazole rings is 1. The molecular formula is C19H21N7O2. The summed E-state index contributed by atoms with van der Waals surface area (Å²) in [4.78, 5) is 37.6. The van der Waals surface area contributed by atoms with Gasteiger partial charge in [0.15, 0.2) is 11.5 Å². The summed E-state index contributed by atoms with van der Waals surface area (Å²) in [5.41, 5.74) is 9.32. The van der Waals surface area contributed by atoms with E-state index in [2.05, 4.69) is 39.4 Å². The van der Waals surface area contributed by atoms with Gasteiger partial charge in [0.1, 0.15) is 23.9 Å². The summed E-state index contributed by atoms with van der Waals surface area (Å²) in [7, 11) is 0. The van der Waals surface area contributed by atoms with Crippen molar-refractivity contribution < 1.29 is 9.59 Å². The maximum absolute atomic E-state index is 12.9. The normalized spacial score (nSPS) is 16.9. The monoisotopic (exact) mass is 379 g/mol. The largest absolute Gasteiger partial charge is 0.382 e. The molecule has 2 unspecified atom stereocenters. The lowest BCUT2D eigenvalue weighted by Crippen LogP contribution is -2.37. The van der Waals surface area contributed by atoms with Gasteiger partial charge in [-0.25, -0.2) is 15.0 Å².